The third-order valence-corrected chi connectivity index (χ3v) is 6.97. The van der Waals surface area contributed by atoms with E-state index in [4.69, 9.17) is 21.1 Å². The second-order valence-corrected chi connectivity index (χ2v) is 9.37. The van der Waals surface area contributed by atoms with Gasteiger partial charge in [-0.25, -0.2) is 4.79 Å². The van der Waals surface area contributed by atoms with E-state index in [0.717, 1.165) is 16.8 Å². The number of carbonyl (C=O) groups is 2. The van der Waals surface area contributed by atoms with Crippen molar-refractivity contribution in [2.24, 2.45) is 0 Å². The minimum atomic E-state index is -0.553. The Morgan fingerprint density at radius 3 is 2.53 bits per heavy atom. The van der Waals surface area contributed by atoms with E-state index in [1.165, 1.54) is 0 Å². The van der Waals surface area contributed by atoms with Gasteiger partial charge in [0.2, 0.25) is 0 Å². The number of halogens is 1. The molecule has 6 heteroatoms. The molecule has 1 N–H and O–H groups in total. The average Bonchev–Trinajstić information content (AvgIpc) is 2.83. The molecule has 0 aromatic heterocycles. The number of esters is 1. The minimum absolute atomic E-state index is 0.0194. The maximum atomic E-state index is 13.7. The molecule has 3 atom stereocenters. The normalized spacial score (nSPS) is 21.0. The summed E-state index contributed by atoms with van der Waals surface area (Å²) in [4.78, 5) is 27.0. The number of ether oxygens (including phenoxy) is 2. The van der Waals surface area contributed by atoms with E-state index >= 15 is 0 Å². The fourth-order valence-corrected chi connectivity index (χ4v) is 4.95. The van der Waals surface area contributed by atoms with Gasteiger partial charge in [-0.3, -0.25) is 4.79 Å². The Balaban J connectivity index is 1.81. The highest BCUT2D eigenvalue weighted by molar-refractivity contribution is 6.30. The van der Waals surface area contributed by atoms with Crippen molar-refractivity contribution in [1.82, 2.24) is 5.32 Å². The van der Waals surface area contributed by atoms with Crippen LogP contribution in [0.1, 0.15) is 63.0 Å². The lowest BCUT2D eigenvalue weighted by molar-refractivity contribution is -0.144. The van der Waals surface area contributed by atoms with Crippen LogP contribution in [0.15, 0.2) is 71.1 Å². The number of hydrogen-bond donors (Lipinski definition) is 1. The van der Waals surface area contributed by atoms with Crippen molar-refractivity contribution >= 4 is 23.4 Å². The average molecular weight is 480 g/mol. The topological polar surface area (TPSA) is 64.6 Å². The lowest BCUT2D eigenvalue weighted by Crippen LogP contribution is -2.36. The van der Waals surface area contributed by atoms with Crippen LogP contribution < -0.4 is 10.1 Å². The number of benzene rings is 2. The summed E-state index contributed by atoms with van der Waals surface area (Å²) in [5.41, 5.74) is 4.49. The molecule has 0 radical (unpaired) electrons. The van der Waals surface area contributed by atoms with Crippen molar-refractivity contribution in [1.29, 1.82) is 0 Å². The number of rotatable bonds is 6. The summed E-state index contributed by atoms with van der Waals surface area (Å²) >= 11 is 6.07. The molecule has 4 rings (SSSR count). The molecule has 1 aliphatic heterocycles. The van der Waals surface area contributed by atoms with Crippen molar-refractivity contribution in [3.8, 4) is 5.75 Å². The third kappa shape index (κ3) is 4.62. The summed E-state index contributed by atoms with van der Waals surface area (Å²) in [5.74, 6) is -0.269. The highest BCUT2D eigenvalue weighted by atomic mass is 35.5. The zero-order valence-corrected chi connectivity index (χ0v) is 20.7. The lowest BCUT2D eigenvalue weighted by Gasteiger charge is -2.37. The molecule has 0 bridgehead atoms. The molecule has 34 heavy (non-hydrogen) atoms. The molecule has 2 aromatic carbocycles. The number of allylic oxidation sites excluding steroid dienone is 3. The summed E-state index contributed by atoms with van der Waals surface area (Å²) < 4.78 is 11.4. The van der Waals surface area contributed by atoms with E-state index in [2.05, 4.69) is 5.32 Å². The van der Waals surface area contributed by atoms with Gasteiger partial charge in [-0.05, 0) is 56.4 Å². The Morgan fingerprint density at radius 2 is 1.85 bits per heavy atom. The van der Waals surface area contributed by atoms with Crippen LogP contribution in [0.3, 0.4) is 0 Å². The van der Waals surface area contributed by atoms with Crippen molar-refractivity contribution in [3.05, 3.63) is 87.2 Å². The van der Waals surface area contributed by atoms with Crippen molar-refractivity contribution in [2.45, 2.75) is 58.0 Å². The van der Waals surface area contributed by atoms with Crippen LogP contribution in [-0.4, -0.2) is 25.0 Å². The van der Waals surface area contributed by atoms with Crippen LogP contribution in [0.25, 0.3) is 0 Å². The van der Waals surface area contributed by atoms with E-state index in [-0.39, 0.29) is 17.8 Å². The van der Waals surface area contributed by atoms with Gasteiger partial charge >= 0.3 is 5.97 Å². The van der Waals surface area contributed by atoms with Crippen molar-refractivity contribution < 1.29 is 19.1 Å². The quantitative estimate of drug-likeness (QED) is 0.511. The van der Waals surface area contributed by atoms with Crippen LogP contribution in [-0.2, 0) is 14.3 Å². The predicted molar refractivity (Wildman–Crippen MR) is 133 cm³/mol. The summed E-state index contributed by atoms with van der Waals surface area (Å²) in [6.45, 7) is 5.71. The van der Waals surface area contributed by atoms with Crippen LogP contribution in [0.2, 0.25) is 5.02 Å². The van der Waals surface area contributed by atoms with Crippen LogP contribution in [0, 0.1) is 0 Å². The number of hydrogen-bond acceptors (Lipinski definition) is 5. The molecule has 178 valence electrons. The van der Waals surface area contributed by atoms with E-state index in [1.807, 2.05) is 69.3 Å². The van der Waals surface area contributed by atoms with E-state index in [9.17, 15) is 9.59 Å². The number of carbonyl (C=O) groups excluding carboxylic acids is 2. The maximum absolute atomic E-state index is 13.7. The highest BCUT2D eigenvalue weighted by Gasteiger charge is 2.42. The SMILES string of the molecule is CC[C@H](C)OC(=O)C1=C(C)NC2=C(C(=O)C[C@H](c3ccc(Cl)cc3)C2)[C@H]1c1ccccc1OC. The molecule has 0 saturated carbocycles. The van der Waals surface area contributed by atoms with Gasteiger partial charge in [0.05, 0.1) is 24.7 Å². The monoisotopic (exact) mass is 479 g/mol. The molecule has 0 saturated heterocycles. The molecule has 5 nitrogen and oxygen atoms in total. The first kappa shape index (κ1) is 24.1. The number of nitrogens with one attached hydrogen (secondary N) is 1. The van der Waals surface area contributed by atoms with Gasteiger partial charge in [0.1, 0.15) is 5.75 Å². The van der Waals surface area contributed by atoms with Crippen molar-refractivity contribution in [3.63, 3.8) is 0 Å². The number of dihydropyridines is 1. The molecule has 0 amide bonds. The van der Waals surface area contributed by atoms with Crippen LogP contribution in [0.4, 0.5) is 0 Å². The highest BCUT2D eigenvalue weighted by Crippen LogP contribution is 2.47. The summed E-state index contributed by atoms with van der Waals surface area (Å²) in [6.07, 6.45) is 1.51. The number of Topliss-reactive ketones (excluding diaryl/α,β-unsaturated/α-hetero) is 1. The minimum Gasteiger partial charge on any atom is -0.496 e. The van der Waals surface area contributed by atoms with Gasteiger partial charge in [0.25, 0.3) is 0 Å². The fraction of sp³-hybridized carbons (Fsp3) is 0.357. The molecule has 0 spiro atoms. The standard InChI is InChI=1S/C28H30ClNO4/c1-5-16(2)34-28(32)25-17(3)30-22-14-19(18-10-12-20(29)13-11-18)15-23(31)27(22)26(25)21-8-6-7-9-24(21)33-4/h6-13,16,19,26,30H,5,14-15H2,1-4H3/t16-,19+,26-/m0/s1. The second-order valence-electron chi connectivity index (χ2n) is 8.93. The summed E-state index contributed by atoms with van der Waals surface area (Å²) in [5, 5.41) is 4.06. The molecule has 2 aliphatic rings. The Hall–Kier alpha value is -3.05. The Morgan fingerprint density at radius 1 is 1.15 bits per heavy atom. The fourth-order valence-electron chi connectivity index (χ4n) is 4.83. The number of para-hydroxylation sites is 1. The molecule has 0 fully saturated rings. The largest absolute Gasteiger partial charge is 0.496 e. The Kier molecular flexibility index (Phi) is 7.13. The maximum Gasteiger partial charge on any atom is 0.337 e. The molecular weight excluding hydrogens is 450 g/mol. The molecule has 1 aliphatic carbocycles. The van der Waals surface area contributed by atoms with E-state index in [1.54, 1.807) is 7.11 Å². The Bertz CT molecular complexity index is 1170. The van der Waals surface area contributed by atoms with E-state index < -0.39 is 11.9 Å². The first-order valence-corrected chi connectivity index (χ1v) is 12.0. The molecule has 1 heterocycles. The number of methoxy groups -OCH3 is 1. The van der Waals surface area contributed by atoms with E-state index in [0.29, 0.717) is 46.9 Å². The molecule has 0 unspecified atom stereocenters. The molecular formula is C28H30ClNO4. The van der Waals surface area contributed by atoms with Crippen LogP contribution in [0.5, 0.6) is 5.75 Å². The van der Waals surface area contributed by atoms with Gasteiger partial charge in [-0.2, -0.15) is 0 Å². The van der Waals surface area contributed by atoms with Gasteiger partial charge in [-0.15, -0.1) is 0 Å². The second kappa shape index (κ2) is 10.1. The predicted octanol–water partition coefficient (Wildman–Crippen LogP) is 6.05. The summed E-state index contributed by atoms with van der Waals surface area (Å²) in [7, 11) is 1.60. The summed E-state index contributed by atoms with van der Waals surface area (Å²) in [6, 6.07) is 15.2. The number of ketones is 1. The van der Waals surface area contributed by atoms with Crippen LogP contribution >= 0.6 is 11.6 Å². The van der Waals surface area contributed by atoms with Gasteiger partial charge in [0, 0.05) is 34.0 Å². The van der Waals surface area contributed by atoms with Gasteiger partial charge in [-0.1, -0.05) is 48.9 Å². The molecule has 2 aromatic rings. The third-order valence-electron chi connectivity index (χ3n) is 6.72. The van der Waals surface area contributed by atoms with Gasteiger partial charge < -0.3 is 14.8 Å². The van der Waals surface area contributed by atoms with Gasteiger partial charge in [0.15, 0.2) is 5.78 Å². The zero-order valence-electron chi connectivity index (χ0n) is 20.0. The zero-order chi connectivity index (χ0) is 24.4. The van der Waals surface area contributed by atoms with Crippen molar-refractivity contribution in [2.75, 3.05) is 7.11 Å². The lowest BCUT2D eigenvalue weighted by atomic mass is 9.71. The smallest absolute Gasteiger partial charge is 0.337 e. The Labute approximate surface area is 205 Å². The first-order valence-electron chi connectivity index (χ1n) is 11.7. The first-order chi connectivity index (χ1) is 16.3.